The van der Waals surface area contributed by atoms with Crippen LogP contribution in [-0.4, -0.2) is 24.5 Å². The quantitative estimate of drug-likeness (QED) is 0.158. The molecule has 0 bridgehead atoms. The van der Waals surface area contributed by atoms with Crippen LogP contribution in [0.1, 0.15) is 0 Å². The third-order valence-corrected chi connectivity index (χ3v) is 11.8. The Kier molecular flexibility index (Phi) is 8.10. The number of benzene rings is 9. The highest BCUT2D eigenvalue weighted by atomic mass is 15.0. The fourth-order valence-electron chi connectivity index (χ4n) is 8.93. The monoisotopic (exact) mass is 777 g/mol. The smallest absolute Gasteiger partial charge is 0.164 e. The second-order valence-corrected chi connectivity index (χ2v) is 15.4. The largest absolute Gasteiger partial charge is 0.307 e. The summed E-state index contributed by atoms with van der Waals surface area (Å²) in [5.41, 5.74) is 11.4. The lowest BCUT2D eigenvalue weighted by atomic mass is 9.98. The van der Waals surface area contributed by atoms with E-state index in [0.29, 0.717) is 17.5 Å². The Hall–Kier alpha value is -8.28. The van der Waals surface area contributed by atoms with Crippen molar-refractivity contribution >= 4 is 54.3 Å². The van der Waals surface area contributed by atoms with E-state index in [9.17, 15) is 0 Å². The normalized spacial score (nSPS) is 11.6. The minimum Gasteiger partial charge on any atom is -0.307 e. The first-order valence-corrected chi connectivity index (χ1v) is 20.6. The van der Waals surface area contributed by atoms with Crippen molar-refractivity contribution < 1.29 is 0 Å². The maximum atomic E-state index is 5.53. The maximum Gasteiger partial charge on any atom is 0.164 e. The summed E-state index contributed by atoms with van der Waals surface area (Å²) in [5, 5.41) is 8.07. The van der Waals surface area contributed by atoms with Crippen molar-refractivity contribution in [3.8, 4) is 62.2 Å². The molecule has 61 heavy (non-hydrogen) atoms. The van der Waals surface area contributed by atoms with E-state index in [2.05, 4.69) is 187 Å². The maximum absolute atomic E-state index is 5.53. The molecule has 0 fully saturated rings. The summed E-state index contributed by atoms with van der Waals surface area (Å²) in [5.74, 6) is 1.92. The molecule has 3 aromatic heterocycles. The van der Waals surface area contributed by atoms with Crippen LogP contribution < -0.4 is 0 Å². The highest BCUT2D eigenvalue weighted by molar-refractivity contribution is 6.23. The summed E-state index contributed by atoms with van der Waals surface area (Å²) in [6.07, 6.45) is 0. The Morgan fingerprint density at radius 3 is 1.61 bits per heavy atom. The number of rotatable bonds is 6. The molecule has 9 aromatic carbocycles. The molecule has 12 aromatic rings. The van der Waals surface area contributed by atoms with Gasteiger partial charge in [0.05, 0.1) is 22.2 Å². The Balaban J connectivity index is 1.02. The standard InChI is InChI=1S/C56H35N5/c1-4-16-38(17-5-1)51-46-25-13-12-24-44(46)47-33-34-48-45-32-31-41(35-50(45)61(53(48)52(47)57-51)42-21-8-3-9-22-42)36-27-29-40(30-28-36)55-58-54(39-18-6-2-7-19-39)59-56(60-55)49-26-14-20-37-15-10-11-23-43(37)49/h1-35H. The van der Waals surface area contributed by atoms with E-state index in [4.69, 9.17) is 19.9 Å². The van der Waals surface area contributed by atoms with Crippen LogP contribution in [0.2, 0.25) is 0 Å². The first-order chi connectivity index (χ1) is 30.2. The number of fused-ring (bicyclic) bond motifs is 8. The molecule has 3 heterocycles. The van der Waals surface area contributed by atoms with E-state index in [1.54, 1.807) is 0 Å². The van der Waals surface area contributed by atoms with E-state index in [1.807, 2.05) is 30.3 Å². The van der Waals surface area contributed by atoms with Crippen molar-refractivity contribution in [3.05, 3.63) is 212 Å². The summed E-state index contributed by atoms with van der Waals surface area (Å²) in [7, 11) is 0. The third kappa shape index (κ3) is 5.86. The molecule has 0 N–H and O–H groups in total. The molecule has 0 saturated carbocycles. The number of hydrogen-bond donors (Lipinski definition) is 0. The van der Waals surface area contributed by atoms with E-state index >= 15 is 0 Å². The zero-order chi connectivity index (χ0) is 40.3. The molecular weight excluding hydrogens is 743 g/mol. The second-order valence-electron chi connectivity index (χ2n) is 15.4. The predicted octanol–water partition coefficient (Wildman–Crippen LogP) is 14.2. The summed E-state index contributed by atoms with van der Waals surface area (Å²) >= 11 is 0. The second kappa shape index (κ2) is 14.2. The fraction of sp³-hybridized carbons (Fsp3) is 0. The molecule has 0 aliphatic rings. The first kappa shape index (κ1) is 34.7. The van der Waals surface area contributed by atoms with E-state index < -0.39 is 0 Å². The van der Waals surface area contributed by atoms with Crippen LogP contribution in [0.15, 0.2) is 212 Å². The Morgan fingerprint density at radius 2 is 0.852 bits per heavy atom. The molecule has 0 aliphatic heterocycles. The van der Waals surface area contributed by atoms with Crippen LogP contribution >= 0.6 is 0 Å². The molecule has 5 nitrogen and oxygen atoms in total. The first-order valence-electron chi connectivity index (χ1n) is 20.6. The number of pyridine rings is 1. The van der Waals surface area contributed by atoms with Gasteiger partial charge in [0.2, 0.25) is 0 Å². The molecule has 284 valence electrons. The lowest BCUT2D eigenvalue weighted by Crippen LogP contribution is -2.00. The zero-order valence-electron chi connectivity index (χ0n) is 32.9. The minimum absolute atomic E-state index is 0.629. The van der Waals surface area contributed by atoms with Gasteiger partial charge in [-0.2, -0.15) is 0 Å². The van der Waals surface area contributed by atoms with Gasteiger partial charge in [-0.25, -0.2) is 19.9 Å². The van der Waals surface area contributed by atoms with Gasteiger partial charge in [-0.15, -0.1) is 0 Å². The van der Waals surface area contributed by atoms with Gasteiger partial charge in [-0.05, 0) is 45.5 Å². The average molecular weight is 778 g/mol. The zero-order valence-corrected chi connectivity index (χ0v) is 32.9. The molecule has 5 heteroatoms. The summed E-state index contributed by atoms with van der Waals surface area (Å²) in [6.45, 7) is 0. The molecule has 12 rings (SSSR count). The van der Waals surface area contributed by atoms with E-state index in [0.717, 1.165) is 82.9 Å². The number of para-hydroxylation sites is 1. The van der Waals surface area contributed by atoms with Gasteiger partial charge in [-0.1, -0.05) is 194 Å². The summed E-state index contributed by atoms with van der Waals surface area (Å²) in [4.78, 5) is 20.7. The molecule has 0 spiro atoms. The SMILES string of the molecule is c1ccc(-c2nc(-c3ccc(-c4ccc5c6ccc7c8ccccc8c(-c8ccccc8)nc7c6n(-c6ccccc6)c5c4)cc3)nc(-c3cccc4ccccc34)n2)cc1. The van der Waals surface area contributed by atoms with Gasteiger partial charge in [-0.3, -0.25) is 0 Å². The van der Waals surface area contributed by atoms with Crippen molar-refractivity contribution in [2.75, 3.05) is 0 Å². The summed E-state index contributed by atoms with van der Waals surface area (Å²) < 4.78 is 2.39. The van der Waals surface area contributed by atoms with Gasteiger partial charge < -0.3 is 4.57 Å². The van der Waals surface area contributed by atoms with E-state index in [1.165, 1.54) is 16.2 Å². The van der Waals surface area contributed by atoms with Gasteiger partial charge in [0.1, 0.15) is 0 Å². The molecular formula is C56H35N5. The Morgan fingerprint density at radius 1 is 0.311 bits per heavy atom. The topological polar surface area (TPSA) is 56.5 Å². The van der Waals surface area contributed by atoms with Crippen LogP contribution in [-0.2, 0) is 0 Å². The average Bonchev–Trinajstić information content (AvgIpc) is 3.68. The van der Waals surface area contributed by atoms with Crippen LogP contribution in [0, 0.1) is 0 Å². The molecule has 0 aliphatic carbocycles. The van der Waals surface area contributed by atoms with Gasteiger partial charge in [0, 0.05) is 49.5 Å². The van der Waals surface area contributed by atoms with Crippen LogP contribution in [0.3, 0.4) is 0 Å². The fourth-order valence-corrected chi connectivity index (χ4v) is 8.93. The van der Waals surface area contributed by atoms with Gasteiger partial charge in [0.15, 0.2) is 17.5 Å². The van der Waals surface area contributed by atoms with Crippen molar-refractivity contribution in [3.63, 3.8) is 0 Å². The van der Waals surface area contributed by atoms with Crippen molar-refractivity contribution in [1.82, 2.24) is 24.5 Å². The molecule has 0 unspecified atom stereocenters. The lowest BCUT2D eigenvalue weighted by molar-refractivity contribution is 1.08. The number of aromatic nitrogens is 5. The Labute approximate surface area is 351 Å². The van der Waals surface area contributed by atoms with Gasteiger partial charge in [0.25, 0.3) is 0 Å². The number of hydrogen-bond acceptors (Lipinski definition) is 4. The van der Waals surface area contributed by atoms with Crippen LogP contribution in [0.5, 0.6) is 0 Å². The van der Waals surface area contributed by atoms with Crippen molar-refractivity contribution in [1.29, 1.82) is 0 Å². The number of nitrogens with zero attached hydrogens (tertiary/aromatic N) is 5. The van der Waals surface area contributed by atoms with Crippen LogP contribution in [0.4, 0.5) is 0 Å². The third-order valence-electron chi connectivity index (χ3n) is 11.8. The molecule has 0 radical (unpaired) electrons. The molecule has 0 atom stereocenters. The minimum atomic E-state index is 0.629. The molecule has 0 amide bonds. The highest BCUT2D eigenvalue weighted by Gasteiger charge is 2.20. The van der Waals surface area contributed by atoms with Crippen molar-refractivity contribution in [2.24, 2.45) is 0 Å². The summed E-state index contributed by atoms with van der Waals surface area (Å²) in [6, 6.07) is 74.5. The Bertz CT molecular complexity index is 3610. The van der Waals surface area contributed by atoms with Crippen molar-refractivity contribution in [2.45, 2.75) is 0 Å². The van der Waals surface area contributed by atoms with Gasteiger partial charge >= 0.3 is 0 Å². The van der Waals surface area contributed by atoms with Crippen LogP contribution in [0.25, 0.3) is 116 Å². The highest BCUT2D eigenvalue weighted by Crippen LogP contribution is 2.41. The van der Waals surface area contributed by atoms with E-state index in [-0.39, 0.29) is 0 Å². The predicted molar refractivity (Wildman–Crippen MR) is 252 cm³/mol. The lowest BCUT2D eigenvalue weighted by Gasteiger charge is -2.13. The molecule has 0 saturated heterocycles.